The first-order valence-corrected chi connectivity index (χ1v) is 10.4. The molecule has 0 amide bonds. The third-order valence-corrected chi connectivity index (χ3v) is 5.66. The Morgan fingerprint density at radius 1 is 1.20 bits per heavy atom. The maximum Gasteiger partial charge on any atom is 0.310 e. The number of hydrogen-bond acceptors (Lipinski definition) is 4. The van der Waals surface area contributed by atoms with Gasteiger partial charge in [0.25, 0.3) is 5.91 Å². The van der Waals surface area contributed by atoms with E-state index in [1.54, 1.807) is 31.2 Å². The monoisotopic (exact) mass is 475 g/mol. The Bertz CT molecular complexity index is 1100. The number of nitrogens with zero attached hydrogens (tertiary/aromatic N) is 1. The molecule has 1 unspecified atom stereocenters. The van der Waals surface area contributed by atoms with Crippen LogP contribution < -0.4 is 4.74 Å². The van der Waals surface area contributed by atoms with Crippen molar-refractivity contribution in [3.8, 4) is 5.75 Å². The van der Waals surface area contributed by atoms with Crippen LogP contribution in [-0.4, -0.2) is 29.7 Å². The number of halogens is 2. The fraction of sp³-hybridized carbons (Fsp3) is 0.304. The summed E-state index contributed by atoms with van der Waals surface area (Å²) in [5, 5.41) is 0.581. The normalized spacial score (nSPS) is 12.1. The highest BCUT2D eigenvalue weighted by molar-refractivity contribution is 9.10. The van der Waals surface area contributed by atoms with E-state index < -0.39 is 11.8 Å². The third kappa shape index (κ3) is 4.26. The number of aromatic nitrogens is 1. The lowest BCUT2D eigenvalue weighted by molar-refractivity contribution is -0.147. The minimum Gasteiger partial charge on any atom is -0.494 e. The molecule has 0 bridgehead atoms. The molecule has 0 saturated heterocycles. The molecule has 0 aliphatic rings. The molecular weight excluding hydrogens is 453 g/mol. The van der Waals surface area contributed by atoms with Gasteiger partial charge in [-0.1, -0.05) is 22.9 Å². The molecule has 0 saturated carbocycles. The zero-order valence-electron chi connectivity index (χ0n) is 17.3. The van der Waals surface area contributed by atoms with Crippen molar-refractivity contribution < 1.29 is 23.5 Å². The first-order chi connectivity index (χ1) is 14.3. The van der Waals surface area contributed by atoms with E-state index in [1.807, 2.05) is 13.8 Å². The van der Waals surface area contributed by atoms with Crippen LogP contribution in [0.1, 0.15) is 41.9 Å². The zero-order valence-corrected chi connectivity index (χ0v) is 18.9. The molecule has 1 atom stereocenters. The molecule has 0 aliphatic heterocycles. The molecule has 158 valence electrons. The van der Waals surface area contributed by atoms with Gasteiger partial charge < -0.3 is 9.47 Å². The van der Waals surface area contributed by atoms with Crippen molar-refractivity contribution in [3.63, 3.8) is 0 Å². The average Bonchev–Trinajstić information content (AvgIpc) is 2.97. The molecule has 2 aromatic carbocycles. The van der Waals surface area contributed by atoms with Crippen LogP contribution in [-0.2, 0) is 16.0 Å². The van der Waals surface area contributed by atoms with Gasteiger partial charge in [-0.2, -0.15) is 0 Å². The van der Waals surface area contributed by atoms with E-state index in [0.717, 1.165) is 4.47 Å². The van der Waals surface area contributed by atoms with E-state index in [-0.39, 0.29) is 24.2 Å². The number of fused-ring (bicyclic) bond motifs is 1. The summed E-state index contributed by atoms with van der Waals surface area (Å²) in [4.78, 5) is 25.7. The highest BCUT2D eigenvalue weighted by atomic mass is 79.9. The molecule has 5 nitrogen and oxygen atoms in total. The summed E-state index contributed by atoms with van der Waals surface area (Å²) in [5.41, 5.74) is 2.00. The summed E-state index contributed by atoms with van der Waals surface area (Å²) in [6.45, 7) is 5.50. The lowest BCUT2D eigenvalue weighted by atomic mass is 10.1. The van der Waals surface area contributed by atoms with E-state index in [4.69, 9.17) is 9.47 Å². The van der Waals surface area contributed by atoms with Crippen LogP contribution in [0, 0.1) is 12.7 Å². The van der Waals surface area contributed by atoms with Crippen LogP contribution in [0.3, 0.4) is 0 Å². The van der Waals surface area contributed by atoms with Gasteiger partial charge in [0.1, 0.15) is 0 Å². The molecule has 1 heterocycles. The van der Waals surface area contributed by atoms with Crippen molar-refractivity contribution in [1.29, 1.82) is 0 Å². The number of rotatable bonds is 6. The second kappa shape index (κ2) is 9.00. The van der Waals surface area contributed by atoms with Crippen LogP contribution in [0.5, 0.6) is 5.75 Å². The molecule has 0 aliphatic carbocycles. The Morgan fingerprint density at radius 3 is 2.47 bits per heavy atom. The highest BCUT2D eigenvalue weighted by Gasteiger charge is 2.24. The number of hydrogen-bond donors (Lipinski definition) is 0. The topological polar surface area (TPSA) is 57.5 Å². The number of carbonyl (C=O) groups excluding carboxylic acids is 2. The molecule has 1 aromatic heterocycles. The smallest absolute Gasteiger partial charge is 0.310 e. The molecule has 0 fully saturated rings. The Morgan fingerprint density at radius 2 is 1.87 bits per heavy atom. The second-order valence-corrected chi connectivity index (χ2v) is 8.02. The van der Waals surface area contributed by atoms with Crippen molar-refractivity contribution in [1.82, 2.24) is 4.57 Å². The van der Waals surface area contributed by atoms with Gasteiger partial charge in [0.15, 0.2) is 11.6 Å². The minimum absolute atomic E-state index is 0.0257. The van der Waals surface area contributed by atoms with Gasteiger partial charge in [-0.25, -0.2) is 4.39 Å². The number of benzene rings is 2. The van der Waals surface area contributed by atoms with Crippen molar-refractivity contribution in [2.45, 2.75) is 39.7 Å². The number of methoxy groups -OCH3 is 1. The van der Waals surface area contributed by atoms with Crippen LogP contribution in [0.2, 0.25) is 0 Å². The lowest BCUT2D eigenvalue weighted by Gasteiger charge is -2.11. The molecular formula is C23H23BrFNO4. The molecule has 30 heavy (non-hydrogen) atoms. The quantitative estimate of drug-likeness (QED) is 0.445. The van der Waals surface area contributed by atoms with E-state index in [9.17, 15) is 14.0 Å². The molecule has 3 rings (SSSR count). The number of esters is 1. The summed E-state index contributed by atoms with van der Waals surface area (Å²) in [6, 6.07) is 9.70. The summed E-state index contributed by atoms with van der Waals surface area (Å²) in [6.07, 6.45) is 0.470. The van der Waals surface area contributed by atoms with Crippen LogP contribution in [0.4, 0.5) is 4.39 Å². The van der Waals surface area contributed by atoms with Gasteiger partial charge in [0, 0.05) is 27.2 Å². The lowest BCUT2D eigenvalue weighted by Crippen LogP contribution is -2.17. The van der Waals surface area contributed by atoms with Crippen LogP contribution >= 0.6 is 15.9 Å². The van der Waals surface area contributed by atoms with Gasteiger partial charge in [0.2, 0.25) is 0 Å². The summed E-state index contributed by atoms with van der Waals surface area (Å²) in [7, 11) is 1.37. The minimum atomic E-state index is -0.582. The Labute approximate surface area is 182 Å². The van der Waals surface area contributed by atoms with E-state index >= 15 is 0 Å². The fourth-order valence-corrected chi connectivity index (χ4v) is 3.60. The summed E-state index contributed by atoms with van der Waals surface area (Å²) < 4.78 is 27.3. The number of ether oxygens (including phenoxy) is 2. The van der Waals surface area contributed by atoms with E-state index in [2.05, 4.69) is 15.9 Å². The summed E-state index contributed by atoms with van der Waals surface area (Å²) >= 11 is 3.35. The van der Waals surface area contributed by atoms with E-state index in [1.165, 1.54) is 23.8 Å². The van der Waals surface area contributed by atoms with Gasteiger partial charge >= 0.3 is 5.97 Å². The molecule has 3 aromatic rings. The Hall–Kier alpha value is -2.67. The van der Waals surface area contributed by atoms with E-state index in [0.29, 0.717) is 34.1 Å². The van der Waals surface area contributed by atoms with Crippen LogP contribution in [0.15, 0.2) is 40.9 Å². The zero-order chi connectivity index (χ0) is 22.0. The van der Waals surface area contributed by atoms with Gasteiger partial charge in [0.05, 0.1) is 25.2 Å². The van der Waals surface area contributed by atoms with Gasteiger partial charge in [-0.15, -0.1) is 0 Å². The maximum absolute atomic E-state index is 14.5. The largest absolute Gasteiger partial charge is 0.494 e. The predicted molar refractivity (Wildman–Crippen MR) is 117 cm³/mol. The first-order valence-electron chi connectivity index (χ1n) is 9.64. The molecule has 0 radical (unpaired) electrons. The van der Waals surface area contributed by atoms with Crippen LogP contribution in [0.25, 0.3) is 10.9 Å². The molecule has 7 heteroatoms. The number of carbonyl (C=O) groups is 2. The van der Waals surface area contributed by atoms with Gasteiger partial charge in [-0.3, -0.25) is 14.2 Å². The molecule has 0 spiro atoms. The third-order valence-electron chi connectivity index (χ3n) is 5.13. The Balaban J connectivity index is 2.16. The van der Waals surface area contributed by atoms with Crippen molar-refractivity contribution >= 4 is 38.7 Å². The second-order valence-electron chi connectivity index (χ2n) is 7.10. The SMILES string of the molecule is CCC(C)OC(=O)Cc1c(C)n(C(=O)c2ccc(Br)cc2)c2cc(F)c(OC)cc12. The molecule has 0 N–H and O–H groups in total. The van der Waals surface area contributed by atoms with Crippen molar-refractivity contribution in [2.75, 3.05) is 7.11 Å². The highest BCUT2D eigenvalue weighted by Crippen LogP contribution is 2.33. The predicted octanol–water partition coefficient (Wildman–Crippen LogP) is 5.43. The standard InChI is InChI=1S/C23H23BrFNO4/c1-5-13(2)30-22(27)11-17-14(3)26(23(28)15-6-8-16(24)9-7-15)20-12-19(25)21(29-4)10-18(17)20/h6-10,12-13H,5,11H2,1-4H3. The average molecular weight is 476 g/mol. The fourth-order valence-electron chi connectivity index (χ4n) is 3.34. The van der Waals surface area contributed by atoms with Crippen molar-refractivity contribution in [3.05, 3.63) is 63.5 Å². The van der Waals surface area contributed by atoms with Crippen molar-refractivity contribution in [2.24, 2.45) is 0 Å². The first kappa shape index (κ1) is 22.0. The van der Waals surface area contributed by atoms with Gasteiger partial charge in [-0.05, 0) is 56.2 Å². The Kier molecular flexibility index (Phi) is 6.61. The maximum atomic E-state index is 14.5. The summed E-state index contributed by atoms with van der Waals surface area (Å²) in [5.74, 6) is -1.24.